The zero-order valence-electron chi connectivity index (χ0n) is 10.1. The molecule has 2 unspecified atom stereocenters. The number of nitrogens with zero attached hydrogens (tertiary/aromatic N) is 1. The van der Waals surface area contributed by atoms with Crippen LogP contribution in [0, 0.1) is 5.92 Å². The Kier molecular flexibility index (Phi) is 2.95. The van der Waals surface area contributed by atoms with Crippen molar-refractivity contribution in [2.45, 2.75) is 32.2 Å². The molecule has 0 spiro atoms. The van der Waals surface area contributed by atoms with E-state index in [-0.39, 0.29) is 11.9 Å². The molecule has 94 valence electrons. The van der Waals surface area contributed by atoms with E-state index in [0.29, 0.717) is 11.6 Å². The normalized spacial score (nSPS) is 23.9. The van der Waals surface area contributed by atoms with Gasteiger partial charge in [0.05, 0.1) is 0 Å². The van der Waals surface area contributed by atoms with Crippen molar-refractivity contribution in [1.82, 2.24) is 9.55 Å². The van der Waals surface area contributed by atoms with Crippen molar-refractivity contribution in [1.29, 1.82) is 0 Å². The third-order valence-corrected chi connectivity index (χ3v) is 3.41. The van der Waals surface area contributed by atoms with Gasteiger partial charge in [0.25, 0.3) is 5.56 Å². The fourth-order valence-corrected chi connectivity index (χ4v) is 2.32. The Morgan fingerprint density at radius 1 is 1.41 bits per heavy atom. The monoisotopic (exact) mass is 238 g/mol. The van der Waals surface area contributed by atoms with E-state index in [1.807, 2.05) is 0 Å². The highest BCUT2D eigenvalue weighted by Gasteiger charge is 2.23. The van der Waals surface area contributed by atoms with Crippen LogP contribution in [-0.2, 0) is 7.05 Å². The molecule has 0 amide bonds. The van der Waals surface area contributed by atoms with Crippen LogP contribution in [-0.4, -0.2) is 15.6 Å². The quantitative estimate of drug-likeness (QED) is 0.689. The predicted molar refractivity (Wildman–Crippen MR) is 67.1 cm³/mol. The number of rotatable bonds is 2. The van der Waals surface area contributed by atoms with Crippen molar-refractivity contribution < 1.29 is 0 Å². The molecule has 4 N–H and O–H groups in total. The first-order valence-electron chi connectivity index (χ1n) is 5.84. The first-order valence-corrected chi connectivity index (χ1v) is 5.84. The minimum atomic E-state index is -0.488. The number of nitrogen functional groups attached to an aromatic ring is 1. The minimum absolute atomic E-state index is 0.193. The minimum Gasteiger partial charge on any atom is -0.383 e. The summed E-state index contributed by atoms with van der Waals surface area (Å²) >= 11 is 0. The maximum Gasteiger partial charge on any atom is 0.329 e. The van der Waals surface area contributed by atoms with Crippen LogP contribution in [0.4, 0.5) is 11.5 Å². The fourth-order valence-electron chi connectivity index (χ4n) is 2.32. The maximum absolute atomic E-state index is 11.7. The van der Waals surface area contributed by atoms with Gasteiger partial charge >= 0.3 is 5.69 Å². The third kappa shape index (κ3) is 2.20. The van der Waals surface area contributed by atoms with Crippen molar-refractivity contribution in [2.24, 2.45) is 13.0 Å². The summed E-state index contributed by atoms with van der Waals surface area (Å²) < 4.78 is 1.24. The molecule has 1 aromatic heterocycles. The molecule has 2 rings (SSSR count). The Bertz CT molecular complexity index is 531. The van der Waals surface area contributed by atoms with Crippen molar-refractivity contribution >= 4 is 11.5 Å². The zero-order chi connectivity index (χ0) is 12.6. The van der Waals surface area contributed by atoms with E-state index in [9.17, 15) is 9.59 Å². The summed E-state index contributed by atoms with van der Waals surface area (Å²) in [6.45, 7) is 2.19. The first kappa shape index (κ1) is 11.8. The van der Waals surface area contributed by atoms with Crippen LogP contribution in [0.5, 0.6) is 0 Å². The van der Waals surface area contributed by atoms with Gasteiger partial charge in [-0.05, 0) is 25.2 Å². The largest absolute Gasteiger partial charge is 0.383 e. The van der Waals surface area contributed by atoms with Crippen molar-refractivity contribution in [2.75, 3.05) is 11.1 Å². The molecule has 1 saturated carbocycles. The molecule has 1 aliphatic rings. The number of nitrogens with one attached hydrogen (secondary N) is 2. The van der Waals surface area contributed by atoms with Crippen molar-refractivity contribution in [3.63, 3.8) is 0 Å². The van der Waals surface area contributed by atoms with Crippen LogP contribution in [0.25, 0.3) is 0 Å². The molecular formula is C11H18N4O2. The number of anilines is 2. The summed E-state index contributed by atoms with van der Waals surface area (Å²) in [7, 11) is 1.54. The molecule has 0 bridgehead atoms. The number of aromatic nitrogens is 2. The molecule has 1 aromatic rings. The molecule has 0 radical (unpaired) electrons. The second-order valence-electron chi connectivity index (χ2n) is 4.84. The molecule has 6 heteroatoms. The molecule has 2 atom stereocenters. The molecule has 1 aliphatic carbocycles. The Balaban J connectivity index is 2.30. The van der Waals surface area contributed by atoms with E-state index in [4.69, 9.17) is 5.73 Å². The van der Waals surface area contributed by atoms with E-state index in [2.05, 4.69) is 17.2 Å². The lowest BCUT2D eigenvalue weighted by Gasteiger charge is -2.15. The Morgan fingerprint density at radius 2 is 2.12 bits per heavy atom. The maximum atomic E-state index is 11.7. The van der Waals surface area contributed by atoms with Gasteiger partial charge in [0.1, 0.15) is 11.5 Å². The van der Waals surface area contributed by atoms with Gasteiger partial charge in [-0.15, -0.1) is 0 Å². The van der Waals surface area contributed by atoms with Crippen molar-refractivity contribution in [3.8, 4) is 0 Å². The molecule has 17 heavy (non-hydrogen) atoms. The predicted octanol–water partition coefficient (Wildman–Crippen LogP) is 0.256. The summed E-state index contributed by atoms with van der Waals surface area (Å²) in [4.78, 5) is 25.2. The van der Waals surface area contributed by atoms with Crippen LogP contribution >= 0.6 is 0 Å². The molecule has 1 heterocycles. The second-order valence-corrected chi connectivity index (χ2v) is 4.84. The highest BCUT2D eigenvalue weighted by Crippen LogP contribution is 2.27. The van der Waals surface area contributed by atoms with Gasteiger partial charge in [-0.3, -0.25) is 14.3 Å². The van der Waals surface area contributed by atoms with E-state index in [1.54, 1.807) is 0 Å². The molecule has 1 fully saturated rings. The molecule has 6 nitrogen and oxygen atoms in total. The van der Waals surface area contributed by atoms with Gasteiger partial charge in [0.2, 0.25) is 0 Å². The smallest absolute Gasteiger partial charge is 0.329 e. The zero-order valence-corrected chi connectivity index (χ0v) is 10.1. The van der Waals surface area contributed by atoms with Gasteiger partial charge < -0.3 is 11.1 Å². The number of aromatic amines is 1. The SMILES string of the molecule is CC1CCC(Nc2c(N)n(C)c(=O)[nH]c2=O)C1. The Hall–Kier alpha value is -1.72. The molecule has 0 aliphatic heterocycles. The van der Waals surface area contributed by atoms with Crippen molar-refractivity contribution in [3.05, 3.63) is 20.8 Å². The van der Waals surface area contributed by atoms with Crippen LogP contribution < -0.4 is 22.3 Å². The lowest BCUT2D eigenvalue weighted by Crippen LogP contribution is -2.34. The van der Waals surface area contributed by atoms with Gasteiger partial charge in [-0.1, -0.05) is 6.92 Å². The van der Waals surface area contributed by atoms with E-state index >= 15 is 0 Å². The average Bonchev–Trinajstić information content (AvgIpc) is 2.67. The fraction of sp³-hybridized carbons (Fsp3) is 0.636. The van der Waals surface area contributed by atoms with E-state index in [0.717, 1.165) is 19.3 Å². The Labute approximate surface area is 98.8 Å². The highest BCUT2D eigenvalue weighted by molar-refractivity contribution is 5.60. The van der Waals surface area contributed by atoms with Gasteiger partial charge in [-0.25, -0.2) is 4.79 Å². The van der Waals surface area contributed by atoms with Crippen LogP contribution in [0.1, 0.15) is 26.2 Å². The molecular weight excluding hydrogens is 220 g/mol. The lowest BCUT2D eigenvalue weighted by atomic mass is 10.1. The van der Waals surface area contributed by atoms with E-state index in [1.165, 1.54) is 11.6 Å². The Morgan fingerprint density at radius 3 is 2.71 bits per heavy atom. The second kappa shape index (κ2) is 4.27. The highest BCUT2D eigenvalue weighted by atomic mass is 16.2. The van der Waals surface area contributed by atoms with Gasteiger partial charge in [0, 0.05) is 13.1 Å². The lowest BCUT2D eigenvalue weighted by molar-refractivity contribution is 0.602. The van der Waals surface area contributed by atoms with E-state index < -0.39 is 11.2 Å². The summed E-state index contributed by atoms with van der Waals surface area (Å²) in [6.07, 6.45) is 3.21. The summed E-state index contributed by atoms with van der Waals surface area (Å²) in [5.74, 6) is 0.860. The summed E-state index contributed by atoms with van der Waals surface area (Å²) in [6, 6.07) is 0.269. The first-order chi connectivity index (χ1) is 7.99. The van der Waals surface area contributed by atoms with Crippen LogP contribution in [0.15, 0.2) is 9.59 Å². The molecule has 0 aromatic carbocycles. The average molecular weight is 238 g/mol. The number of hydrogen-bond donors (Lipinski definition) is 3. The topological polar surface area (TPSA) is 92.9 Å². The standard InChI is InChI=1S/C11H18N4O2/c1-6-3-4-7(5-6)13-8-9(12)15(2)11(17)14-10(8)16/h6-7,13H,3-5,12H2,1-2H3,(H,14,16,17). The van der Waals surface area contributed by atoms with Gasteiger partial charge in [-0.2, -0.15) is 0 Å². The van der Waals surface area contributed by atoms with Crippen LogP contribution in [0.2, 0.25) is 0 Å². The number of hydrogen-bond acceptors (Lipinski definition) is 4. The number of nitrogens with two attached hydrogens (primary N) is 1. The number of H-pyrrole nitrogens is 1. The van der Waals surface area contributed by atoms with Crippen LogP contribution in [0.3, 0.4) is 0 Å². The summed E-state index contributed by atoms with van der Waals surface area (Å²) in [5.41, 5.74) is 5.16. The third-order valence-electron chi connectivity index (χ3n) is 3.41. The molecule has 0 saturated heterocycles. The summed E-state index contributed by atoms with van der Waals surface area (Å²) in [5, 5.41) is 3.15. The van der Waals surface area contributed by atoms with Gasteiger partial charge in [0.15, 0.2) is 0 Å².